The summed E-state index contributed by atoms with van der Waals surface area (Å²) in [5.74, 6) is 0. The van der Waals surface area contributed by atoms with E-state index >= 15 is 0 Å². The zero-order valence-corrected chi connectivity index (χ0v) is 10.1. The molecule has 1 aromatic heterocycles. The van der Waals surface area contributed by atoms with Gasteiger partial charge in [-0.15, -0.1) is 0 Å². The fourth-order valence-electron chi connectivity index (χ4n) is 2.20. The average molecular weight is 234 g/mol. The van der Waals surface area contributed by atoms with Gasteiger partial charge in [-0.05, 0) is 29.3 Å². The highest BCUT2D eigenvalue weighted by Crippen LogP contribution is 2.26. The minimum absolute atomic E-state index is 0.00699. The molecule has 1 radical (unpaired) electrons. The molecule has 87 valence electrons. The van der Waals surface area contributed by atoms with Crippen molar-refractivity contribution >= 4 is 10.9 Å². The number of benzene rings is 2. The van der Waals surface area contributed by atoms with Crippen molar-refractivity contribution < 1.29 is 0 Å². The van der Waals surface area contributed by atoms with Crippen LogP contribution in [0.5, 0.6) is 0 Å². The van der Waals surface area contributed by atoms with Crippen molar-refractivity contribution in [2.75, 3.05) is 0 Å². The maximum absolute atomic E-state index is 12.0. The first-order valence-corrected chi connectivity index (χ1v) is 5.82. The van der Waals surface area contributed by atoms with E-state index in [1.54, 1.807) is 17.7 Å². The summed E-state index contributed by atoms with van der Waals surface area (Å²) in [6, 6.07) is 20.4. The maximum atomic E-state index is 12.0. The van der Waals surface area contributed by atoms with Crippen molar-refractivity contribution in [3.05, 3.63) is 71.0 Å². The Hall–Kier alpha value is -2.35. The lowest BCUT2D eigenvalue weighted by atomic mass is 10.0. The summed E-state index contributed by atoms with van der Waals surface area (Å²) in [6.45, 7) is 0. The van der Waals surface area contributed by atoms with E-state index in [4.69, 9.17) is 0 Å². The summed E-state index contributed by atoms with van der Waals surface area (Å²) < 4.78 is 1.66. The van der Waals surface area contributed by atoms with Crippen LogP contribution < -0.4 is 5.56 Å². The van der Waals surface area contributed by atoms with Gasteiger partial charge >= 0.3 is 0 Å². The Morgan fingerprint density at radius 1 is 1.11 bits per heavy atom. The zero-order valence-electron chi connectivity index (χ0n) is 10.1. The van der Waals surface area contributed by atoms with Crippen LogP contribution in [0.25, 0.3) is 22.0 Å². The third kappa shape index (κ3) is 1.63. The topological polar surface area (TPSA) is 22.0 Å². The summed E-state index contributed by atoms with van der Waals surface area (Å²) >= 11 is 0. The van der Waals surface area contributed by atoms with Gasteiger partial charge in [-0.1, -0.05) is 36.4 Å². The molecular formula is C16H12NO. The van der Waals surface area contributed by atoms with Crippen molar-refractivity contribution in [1.82, 2.24) is 4.57 Å². The molecule has 0 aliphatic rings. The van der Waals surface area contributed by atoms with Crippen LogP contribution in [-0.2, 0) is 7.05 Å². The van der Waals surface area contributed by atoms with Gasteiger partial charge in [0.2, 0.25) is 0 Å². The van der Waals surface area contributed by atoms with E-state index in [1.807, 2.05) is 48.5 Å². The Kier molecular flexibility index (Phi) is 2.49. The highest BCUT2D eigenvalue weighted by molar-refractivity contribution is 5.94. The molecule has 0 saturated carbocycles. The fraction of sp³-hybridized carbons (Fsp3) is 0.0625. The molecular weight excluding hydrogens is 222 g/mol. The Morgan fingerprint density at radius 2 is 1.89 bits per heavy atom. The molecule has 2 heteroatoms. The molecule has 0 spiro atoms. The molecule has 3 aromatic rings. The lowest BCUT2D eigenvalue weighted by Crippen LogP contribution is -2.16. The molecule has 2 nitrogen and oxygen atoms in total. The molecule has 0 atom stereocenters. The number of fused-ring (bicyclic) bond motifs is 1. The normalized spacial score (nSPS) is 10.7. The molecule has 0 aliphatic carbocycles. The Balaban J connectivity index is 2.44. The average Bonchev–Trinajstić information content (AvgIpc) is 2.44. The van der Waals surface area contributed by atoms with Gasteiger partial charge in [0, 0.05) is 18.5 Å². The van der Waals surface area contributed by atoms with Gasteiger partial charge in [-0.3, -0.25) is 4.79 Å². The molecule has 0 saturated heterocycles. The van der Waals surface area contributed by atoms with E-state index in [-0.39, 0.29) is 5.56 Å². The Labute approximate surface area is 105 Å². The van der Waals surface area contributed by atoms with E-state index < -0.39 is 0 Å². The van der Waals surface area contributed by atoms with Crippen molar-refractivity contribution in [3.8, 4) is 11.1 Å². The predicted molar refractivity (Wildman–Crippen MR) is 73.5 cm³/mol. The Morgan fingerprint density at radius 3 is 2.67 bits per heavy atom. The van der Waals surface area contributed by atoms with E-state index in [0.717, 1.165) is 22.0 Å². The second-order valence-electron chi connectivity index (χ2n) is 4.26. The van der Waals surface area contributed by atoms with Gasteiger partial charge in [-0.25, -0.2) is 0 Å². The van der Waals surface area contributed by atoms with E-state index in [2.05, 4.69) is 6.07 Å². The van der Waals surface area contributed by atoms with Gasteiger partial charge in [0.1, 0.15) is 0 Å². The van der Waals surface area contributed by atoms with Crippen LogP contribution >= 0.6 is 0 Å². The van der Waals surface area contributed by atoms with Gasteiger partial charge in [0.25, 0.3) is 5.56 Å². The van der Waals surface area contributed by atoms with Crippen molar-refractivity contribution in [1.29, 1.82) is 0 Å². The van der Waals surface area contributed by atoms with Crippen LogP contribution in [0, 0.1) is 6.07 Å². The minimum atomic E-state index is 0.00699. The second-order valence-corrected chi connectivity index (χ2v) is 4.26. The molecule has 1 heterocycles. The van der Waals surface area contributed by atoms with Crippen molar-refractivity contribution in [3.63, 3.8) is 0 Å². The van der Waals surface area contributed by atoms with Crippen molar-refractivity contribution in [2.45, 2.75) is 0 Å². The zero-order chi connectivity index (χ0) is 12.5. The van der Waals surface area contributed by atoms with E-state index in [9.17, 15) is 4.79 Å². The first-order chi connectivity index (χ1) is 8.77. The molecule has 3 rings (SSSR count). The molecule has 0 fully saturated rings. The van der Waals surface area contributed by atoms with Crippen LogP contribution in [0.4, 0.5) is 0 Å². The summed E-state index contributed by atoms with van der Waals surface area (Å²) in [5, 5.41) is 1.05. The third-order valence-electron chi connectivity index (χ3n) is 3.18. The van der Waals surface area contributed by atoms with E-state index in [0.29, 0.717) is 0 Å². The number of hydrogen-bond acceptors (Lipinski definition) is 1. The lowest BCUT2D eigenvalue weighted by Gasteiger charge is -2.09. The first kappa shape index (κ1) is 10.8. The molecule has 18 heavy (non-hydrogen) atoms. The molecule has 0 amide bonds. The van der Waals surface area contributed by atoms with Gasteiger partial charge < -0.3 is 4.57 Å². The molecule has 2 aromatic carbocycles. The highest BCUT2D eigenvalue weighted by Gasteiger charge is 2.07. The van der Waals surface area contributed by atoms with Crippen molar-refractivity contribution in [2.24, 2.45) is 7.05 Å². The summed E-state index contributed by atoms with van der Waals surface area (Å²) in [6.07, 6.45) is 0. The molecule has 0 N–H and O–H groups in total. The minimum Gasteiger partial charge on any atom is -0.311 e. The standard InChI is InChI=1S/C16H12NO/c1-17-15-10-6-5-9-13(15)14(11-16(17)18)12-7-3-2-4-8-12/h2-4,6-11H,1H3. The second kappa shape index (κ2) is 4.15. The van der Waals surface area contributed by atoms with Crippen LogP contribution in [0.1, 0.15) is 0 Å². The van der Waals surface area contributed by atoms with Crippen LogP contribution in [0.15, 0.2) is 59.4 Å². The van der Waals surface area contributed by atoms with Gasteiger partial charge in [0.05, 0.1) is 5.52 Å². The van der Waals surface area contributed by atoms with Crippen LogP contribution in [0.3, 0.4) is 0 Å². The van der Waals surface area contributed by atoms with Gasteiger partial charge in [0.15, 0.2) is 0 Å². The summed E-state index contributed by atoms with van der Waals surface area (Å²) in [7, 11) is 1.79. The number of pyridine rings is 1. The largest absolute Gasteiger partial charge is 0.311 e. The number of rotatable bonds is 1. The number of aromatic nitrogens is 1. The van der Waals surface area contributed by atoms with Crippen LogP contribution in [0.2, 0.25) is 0 Å². The Bertz CT molecular complexity index is 757. The van der Waals surface area contributed by atoms with Gasteiger partial charge in [-0.2, -0.15) is 0 Å². The first-order valence-electron chi connectivity index (χ1n) is 5.82. The smallest absolute Gasteiger partial charge is 0.251 e. The summed E-state index contributed by atoms with van der Waals surface area (Å²) in [4.78, 5) is 12.0. The van der Waals surface area contributed by atoms with Crippen LogP contribution in [-0.4, -0.2) is 4.57 Å². The number of aryl methyl sites for hydroxylation is 1. The number of hydrogen-bond donors (Lipinski definition) is 0. The lowest BCUT2D eigenvalue weighted by molar-refractivity contribution is 0.907. The number of nitrogens with zero attached hydrogens (tertiary/aromatic N) is 1. The molecule has 0 aliphatic heterocycles. The summed E-state index contributed by atoms with van der Waals surface area (Å²) in [5.41, 5.74) is 2.96. The SMILES string of the molecule is Cn1c(=O)cc(-c2ccccc2)c2c[c]ccc21. The highest BCUT2D eigenvalue weighted by atomic mass is 16.1. The molecule has 0 bridgehead atoms. The maximum Gasteiger partial charge on any atom is 0.251 e. The van der Waals surface area contributed by atoms with E-state index in [1.165, 1.54) is 0 Å². The third-order valence-corrected chi connectivity index (χ3v) is 3.18. The predicted octanol–water partition coefficient (Wildman–Crippen LogP) is 3.01. The quantitative estimate of drug-likeness (QED) is 0.634. The molecule has 0 unspecified atom stereocenters. The fourth-order valence-corrected chi connectivity index (χ4v) is 2.20. The monoisotopic (exact) mass is 234 g/mol.